The first-order valence-electron chi connectivity index (χ1n) is 9.55. The fraction of sp³-hybridized carbons (Fsp3) is 0.217. The lowest BCUT2D eigenvalue weighted by Gasteiger charge is -2.17. The summed E-state index contributed by atoms with van der Waals surface area (Å²) in [5.74, 6) is -0.892. The normalized spacial score (nSPS) is 11.8. The summed E-state index contributed by atoms with van der Waals surface area (Å²) >= 11 is 0. The van der Waals surface area contributed by atoms with E-state index in [-0.39, 0.29) is 17.1 Å². The van der Waals surface area contributed by atoms with Crippen molar-refractivity contribution in [3.05, 3.63) is 89.0 Å². The molecule has 1 aliphatic carbocycles. The first kappa shape index (κ1) is 20.2. The summed E-state index contributed by atoms with van der Waals surface area (Å²) in [6.07, 6.45) is 7.95. The minimum Gasteiger partial charge on any atom is -0.462 e. The highest BCUT2D eigenvalue weighted by molar-refractivity contribution is 6.28. The summed E-state index contributed by atoms with van der Waals surface area (Å²) in [6.45, 7) is 2.44. The summed E-state index contributed by atoms with van der Waals surface area (Å²) in [5.41, 5.74) is 1.68. The molecule has 0 amide bonds. The van der Waals surface area contributed by atoms with Gasteiger partial charge in [-0.1, -0.05) is 44.0 Å². The number of carbonyl (C=O) groups excluding carboxylic acids is 3. The molecule has 1 heterocycles. The molecular weight excluding hydrogens is 368 g/mol. The van der Waals surface area contributed by atoms with Gasteiger partial charge in [-0.05, 0) is 24.6 Å². The van der Waals surface area contributed by atoms with Crippen LogP contribution in [-0.2, 0) is 4.74 Å². The Morgan fingerprint density at radius 3 is 2.24 bits per heavy atom. The van der Waals surface area contributed by atoms with Crippen molar-refractivity contribution in [3.8, 4) is 0 Å². The van der Waals surface area contributed by atoms with Gasteiger partial charge in [0.1, 0.15) is 0 Å². The highest BCUT2D eigenvalue weighted by Crippen LogP contribution is 2.28. The van der Waals surface area contributed by atoms with Crippen molar-refractivity contribution in [2.75, 3.05) is 6.61 Å². The summed E-state index contributed by atoms with van der Waals surface area (Å²) in [4.78, 5) is 43.7. The molecular formula is C23H22N2O4. The van der Waals surface area contributed by atoms with Gasteiger partial charge in [0.2, 0.25) is 0 Å². The Hall–Kier alpha value is -3.54. The Morgan fingerprint density at radius 1 is 0.966 bits per heavy atom. The Morgan fingerprint density at radius 2 is 1.66 bits per heavy atom. The Bertz CT molecular complexity index is 992. The number of fused-ring (bicyclic) bond motifs is 2. The van der Waals surface area contributed by atoms with E-state index >= 15 is 0 Å². The molecule has 0 unspecified atom stereocenters. The molecule has 0 saturated heterocycles. The van der Waals surface area contributed by atoms with Crippen molar-refractivity contribution in [2.45, 2.75) is 26.2 Å². The lowest BCUT2D eigenvalue weighted by molar-refractivity contribution is 0.0498. The van der Waals surface area contributed by atoms with Crippen LogP contribution < -0.4 is 0 Å². The second-order valence-electron chi connectivity index (χ2n) is 6.57. The van der Waals surface area contributed by atoms with E-state index < -0.39 is 5.97 Å². The predicted octanol–water partition coefficient (Wildman–Crippen LogP) is 4.22. The molecule has 0 spiro atoms. The molecule has 1 aromatic heterocycles. The molecule has 0 radical (unpaired) electrons. The van der Waals surface area contributed by atoms with Gasteiger partial charge in [-0.25, -0.2) is 9.78 Å². The number of carbonyl (C=O) groups is 3. The molecule has 0 aliphatic heterocycles. The van der Waals surface area contributed by atoms with Crippen LogP contribution in [-0.4, -0.2) is 34.1 Å². The lowest BCUT2D eigenvalue weighted by atomic mass is 9.83. The van der Waals surface area contributed by atoms with Gasteiger partial charge in [-0.3, -0.25) is 9.59 Å². The number of hydrogen-bond acceptors (Lipinski definition) is 5. The summed E-state index contributed by atoms with van der Waals surface area (Å²) in [5, 5.41) is 0. The number of H-pyrrole nitrogens is 1. The van der Waals surface area contributed by atoms with Gasteiger partial charge in [0.15, 0.2) is 11.6 Å². The molecule has 0 atom stereocenters. The summed E-state index contributed by atoms with van der Waals surface area (Å²) in [6, 6.07) is 11.3. The van der Waals surface area contributed by atoms with Gasteiger partial charge in [-0.2, -0.15) is 0 Å². The molecule has 3 aromatic rings. The van der Waals surface area contributed by atoms with Crippen LogP contribution in [0.25, 0.3) is 0 Å². The summed E-state index contributed by atoms with van der Waals surface area (Å²) in [7, 11) is 0. The number of nitrogens with zero attached hydrogens (tertiary/aromatic N) is 1. The van der Waals surface area contributed by atoms with Crippen LogP contribution in [0.3, 0.4) is 0 Å². The van der Waals surface area contributed by atoms with Gasteiger partial charge >= 0.3 is 5.97 Å². The van der Waals surface area contributed by atoms with E-state index in [0.29, 0.717) is 28.9 Å². The standard InChI is InChI=1S/C20H18O4.C3H4N2/c1-2-3-6-11-24-20(23)13-9-10-16-17(12-13)19(22)15-8-5-4-7-14(15)18(16)21;1-2-5-3-4-1/h4-5,7-10,12H,2-3,6,11H2,1H3;1-3H,(H,4,5). The zero-order valence-corrected chi connectivity index (χ0v) is 16.2. The Kier molecular flexibility index (Phi) is 6.68. The highest BCUT2D eigenvalue weighted by atomic mass is 16.5. The molecule has 1 aliphatic rings. The van der Waals surface area contributed by atoms with Gasteiger partial charge in [0, 0.05) is 34.6 Å². The first-order valence-corrected chi connectivity index (χ1v) is 9.55. The number of ether oxygens (including phenoxy) is 1. The molecule has 29 heavy (non-hydrogen) atoms. The number of hydrogen-bond donors (Lipinski definition) is 1. The Balaban J connectivity index is 0.000000419. The van der Waals surface area contributed by atoms with Crippen molar-refractivity contribution in [1.29, 1.82) is 0 Å². The number of aromatic nitrogens is 2. The van der Waals surface area contributed by atoms with E-state index in [9.17, 15) is 14.4 Å². The van der Waals surface area contributed by atoms with Crippen molar-refractivity contribution in [2.24, 2.45) is 0 Å². The van der Waals surface area contributed by atoms with E-state index in [4.69, 9.17) is 4.74 Å². The fourth-order valence-corrected chi connectivity index (χ4v) is 3.04. The SMILES string of the molecule is CCCCCOC(=O)c1ccc2c(c1)C(=O)c1ccccc1C2=O.c1c[nH]cn1. The maximum Gasteiger partial charge on any atom is 0.338 e. The molecule has 1 N–H and O–H groups in total. The Labute approximate surface area is 168 Å². The fourth-order valence-electron chi connectivity index (χ4n) is 3.04. The van der Waals surface area contributed by atoms with Gasteiger partial charge < -0.3 is 9.72 Å². The van der Waals surface area contributed by atoms with Gasteiger partial charge in [0.05, 0.1) is 18.5 Å². The van der Waals surface area contributed by atoms with E-state index in [0.717, 1.165) is 19.3 Å². The van der Waals surface area contributed by atoms with Crippen LogP contribution in [0.4, 0.5) is 0 Å². The maximum atomic E-state index is 12.6. The topological polar surface area (TPSA) is 89.1 Å². The predicted molar refractivity (Wildman–Crippen MR) is 108 cm³/mol. The molecule has 0 saturated carbocycles. The monoisotopic (exact) mass is 390 g/mol. The van der Waals surface area contributed by atoms with Crippen LogP contribution in [0.15, 0.2) is 61.2 Å². The van der Waals surface area contributed by atoms with Crippen LogP contribution in [0.1, 0.15) is 68.4 Å². The molecule has 2 aromatic carbocycles. The largest absolute Gasteiger partial charge is 0.462 e. The second kappa shape index (κ2) is 9.59. The number of imidazole rings is 1. The first-order chi connectivity index (χ1) is 14.1. The highest BCUT2D eigenvalue weighted by Gasteiger charge is 2.30. The van der Waals surface area contributed by atoms with E-state index in [1.807, 2.05) is 0 Å². The molecule has 148 valence electrons. The number of nitrogens with one attached hydrogen (secondary N) is 1. The van der Waals surface area contributed by atoms with Gasteiger partial charge in [0.25, 0.3) is 0 Å². The van der Waals surface area contributed by atoms with Crippen LogP contribution in [0, 0.1) is 0 Å². The molecule has 0 fully saturated rings. The smallest absolute Gasteiger partial charge is 0.338 e. The zero-order valence-electron chi connectivity index (χ0n) is 16.2. The number of esters is 1. The second-order valence-corrected chi connectivity index (χ2v) is 6.57. The average Bonchev–Trinajstić information content (AvgIpc) is 3.35. The van der Waals surface area contributed by atoms with Crippen LogP contribution in [0.2, 0.25) is 0 Å². The number of ketones is 2. The maximum absolute atomic E-state index is 12.6. The van der Waals surface area contributed by atoms with Crippen LogP contribution >= 0.6 is 0 Å². The summed E-state index contributed by atoms with van der Waals surface area (Å²) < 4.78 is 5.22. The number of benzene rings is 2. The molecule has 0 bridgehead atoms. The third-order valence-electron chi connectivity index (χ3n) is 4.55. The lowest BCUT2D eigenvalue weighted by Crippen LogP contribution is -2.21. The zero-order chi connectivity index (χ0) is 20.6. The average molecular weight is 390 g/mol. The molecule has 6 nitrogen and oxygen atoms in total. The van der Waals surface area contributed by atoms with Crippen molar-refractivity contribution in [3.63, 3.8) is 0 Å². The van der Waals surface area contributed by atoms with E-state index in [1.165, 1.54) is 12.1 Å². The van der Waals surface area contributed by atoms with E-state index in [1.54, 1.807) is 49.1 Å². The minimum absolute atomic E-state index is 0.192. The van der Waals surface area contributed by atoms with E-state index in [2.05, 4.69) is 16.9 Å². The number of unbranched alkanes of at least 4 members (excludes halogenated alkanes) is 2. The quantitative estimate of drug-likeness (QED) is 0.407. The van der Waals surface area contributed by atoms with Crippen molar-refractivity contribution >= 4 is 17.5 Å². The molecule has 4 rings (SSSR count). The third kappa shape index (κ3) is 4.66. The van der Waals surface area contributed by atoms with Gasteiger partial charge in [-0.15, -0.1) is 0 Å². The number of aromatic amines is 1. The number of rotatable bonds is 5. The third-order valence-corrected chi connectivity index (χ3v) is 4.55. The van der Waals surface area contributed by atoms with Crippen LogP contribution in [0.5, 0.6) is 0 Å². The van der Waals surface area contributed by atoms with Crippen molar-refractivity contribution < 1.29 is 19.1 Å². The van der Waals surface area contributed by atoms with Crippen molar-refractivity contribution in [1.82, 2.24) is 9.97 Å². The minimum atomic E-state index is -0.465. The molecule has 6 heteroatoms.